The lowest BCUT2D eigenvalue weighted by Crippen LogP contribution is -2.38. The Morgan fingerprint density at radius 3 is 2.88 bits per heavy atom. The second-order valence-corrected chi connectivity index (χ2v) is 5.17. The lowest BCUT2D eigenvalue weighted by atomic mass is 9.99. The summed E-state index contributed by atoms with van der Waals surface area (Å²) >= 11 is 0. The first-order valence-corrected chi connectivity index (χ1v) is 6.58. The molecule has 4 heteroatoms. The maximum absolute atomic E-state index is 11.0. The zero-order valence-corrected chi connectivity index (χ0v) is 10.8. The predicted octanol–water partition coefficient (Wildman–Crippen LogP) is 2.29. The standard InChI is InChI=1S/C13H24N2O2/c1-3-9(2)8-15-12-6-4-5-10(13(16)17)7-11(12)14/h9-10,12,14-15H,3-8H2,1-2H3,(H,16,17). The molecule has 1 rings (SSSR count). The molecule has 1 aliphatic rings. The van der Waals surface area contributed by atoms with Gasteiger partial charge in [-0.3, -0.25) is 4.79 Å². The van der Waals surface area contributed by atoms with E-state index in [1.165, 1.54) is 0 Å². The number of rotatable bonds is 5. The number of nitrogens with one attached hydrogen (secondary N) is 2. The van der Waals surface area contributed by atoms with Gasteiger partial charge in [-0.2, -0.15) is 0 Å². The Morgan fingerprint density at radius 1 is 1.59 bits per heavy atom. The maximum Gasteiger partial charge on any atom is 0.306 e. The number of aliphatic carboxylic acids is 1. The number of carboxylic acids is 1. The van der Waals surface area contributed by atoms with Gasteiger partial charge in [-0.05, 0) is 31.7 Å². The van der Waals surface area contributed by atoms with Gasteiger partial charge in [0.1, 0.15) is 0 Å². The molecule has 3 atom stereocenters. The molecule has 1 saturated carbocycles. The molecule has 3 unspecified atom stereocenters. The van der Waals surface area contributed by atoms with E-state index in [-0.39, 0.29) is 12.0 Å². The van der Waals surface area contributed by atoms with E-state index >= 15 is 0 Å². The van der Waals surface area contributed by atoms with Gasteiger partial charge in [-0.25, -0.2) is 0 Å². The molecule has 0 amide bonds. The van der Waals surface area contributed by atoms with Crippen LogP contribution in [0.5, 0.6) is 0 Å². The lowest BCUT2D eigenvalue weighted by Gasteiger charge is -2.20. The van der Waals surface area contributed by atoms with Crippen LogP contribution < -0.4 is 5.32 Å². The zero-order valence-electron chi connectivity index (χ0n) is 10.8. The fraction of sp³-hybridized carbons (Fsp3) is 0.846. The zero-order chi connectivity index (χ0) is 12.8. The molecule has 0 aromatic heterocycles. The predicted molar refractivity (Wildman–Crippen MR) is 68.6 cm³/mol. The first-order valence-electron chi connectivity index (χ1n) is 6.58. The third-order valence-corrected chi connectivity index (χ3v) is 3.69. The van der Waals surface area contributed by atoms with Crippen molar-refractivity contribution in [2.45, 2.75) is 52.0 Å². The van der Waals surface area contributed by atoms with Gasteiger partial charge in [-0.15, -0.1) is 0 Å². The molecule has 0 aromatic rings. The molecule has 1 aliphatic carbocycles. The van der Waals surface area contributed by atoms with Crippen LogP contribution in [0.1, 0.15) is 46.0 Å². The summed E-state index contributed by atoms with van der Waals surface area (Å²) in [5.41, 5.74) is 0.568. The third-order valence-electron chi connectivity index (χ3n) is 3.69. The van der Waals surface area contributed by atoms with Crippen molar-refractivity contribution in [1.29, 1.82) is 5.41 Å². The van der Waals surface area contributed by atoms with Crippen LogP contribution in [0.15, 0.2) is 0 Å². The Labute approximate surface area is 103 Å². The Morgan fingerprint density at radius 2 is 2.29 bits per heavy atom. The summed E-state index contributed by atoms with van der Waals surface area (Å²) in [5.74, 6) is -0.489. The van der Waals surface area contributed by atoms with E-state index < -0.39 is 5.97 Å². The largest absolute Gasteiger partial charge is 0.481 e. The molecule has 0 aromatic carbocycles. The van der Waals surface area contributed by atoms with Gasteiger partial charge in [-0.1, -0.05) is 26.7 Å². The van der Waals surface area contributed by atoms with Crippen molar-refractivity contribution in [1.82, 2.24) is 5.32 Å². The van der Waals surface area contributed by atoms with Crippen LogP contribution in [0.25, 0.3) is 0 Å². The summed E-state index contributed by atoms with van der Waals surface area (Å²) in [6, 6.07) is 0.0911. The minimum absolute atomic E-state index is 0.0911. The van der Waals surface area contributed by atoms with Gasteiger partial charge in [0, 0.05) is 11.8 Å². The van der Waals surface area contributed by atoms with Crippen LogP contribution in [-0.4, -0.2) is 29.4 Å². The highest BCUT2D eigenvalue weighted by atomic mass is 16.4. The highest BCUT2D eigenvalue weighted by Crippen LogP contribution is 2.21. The third kappa shape index (κ3) is 4.46. The molecule has 0 aliphatic heterocycles. The van der Waals surface area contributed by atoms with E-state index in [0.29, 0.717) is 24.5 Å². The topological polar surface area (TPSA) is 73.2 Å². The Balaban J connectivity index is 2.46. The minimum Gasteiger partial charge on any atom is -0.481 e. The Bertz CT molecular complexity index is 279. The lowest BCUT2D eigenvalue weighted by molar-refractivity contribution is -0.141. The van der Waals surface area contributed by atoms with Crippen molar-refractivity contribution in [2.24, 2.45) is 11.8 Å². The molecule has 0 heterocycles. The van der Waals surface area contributed by atoms with Gasteiger partial charge < -0.3 is 15.8 Å². The molecule has 17 heavy (non-hydrogen) atoms. The highest BCUT2D eigenvalue weighted by molar-refractivity contribution is 5.90. The molecule has 0 bridgehead atoms. The maximum atomic E-state index is 11.0. The summed E-state index contributed by atoms with van der Waals surface area (Å²) < 4.78 is 0. The quantitative estimate of drug-likeness (QED) is 0.645. The summed E-state index contributed by atoms with van der Waals surface area (Å²) in [5, 5.41) is 20.4. The summed E-state index contributed by atoms with van der Waals surface area (Å²) in [7, 11) is 0. The van der Waals surface area contributed by atoms with Crippen molar-refractivity contribution >= 4 is 11.7 Å². The SMILES string of the molecule is CCC(C)CNC1CCCC(C(=O)O)CC1=N. The second kappa shape index (κ2) is 6.74. The van der Waals surface area contributed by atoms with E-state index in [1.807, 2.05) is 0 Å². The average molecular weight is 240 g/mol. The van der Waals surface area contributed by atoms with E-state index in [9.17, 15) is 4.79 Å². The van der Waals surface area contributed by atoms with Gasteiger partial charge in [0.25, 0.3) is 0 Å². The number of carboxylic acid groups (broad SMARTS) is 1. The van der Waals surface area contributed by atoms with Crippen molar-refractivity contribution in [3.8, 4) is 0 Å². The average Bonchev–Trinajstić information content (AvgIpc) is 2.48. The van der Waals surface area contributed by atoms with Crippen molar-refractivity contribution in [3.63, 3.8) is 0 Å². The minimum atomic E-state index is -0.752. The molecular weight excluding hydrogens is 216 g/mol. The molecule has 0 saturated heterocycles. The monoisotopic (exact) mass is 240 g/mol. The smallest absolute Gasteiger partial charge is 0.306 e. The Hall–Kier alpha value is -0.900. The van der Waals surface area contributed by atoms with Crippen LogP contribution in [0.4, 0.5) is 0 Å². The molecule has 1 fully saturated rings. The number of carbonyl (C=O) groups is 1. The van der Waals surface area contributed by atoms with Crippen molar-refractivity contribution in [2.75, 3.05) is 6.54 Å². The molecule has 0 spiro atoms. The number of hydrogen-bond donors (Lipinski definition) is 3. The van der Waals surface area contributed by atoms with Gasteiger partial charge in [0.15, 0.2) is 0 Å². The Kier molecular flexibility index (Phi) is 5.62. The second-order valence-electron chi connectivity index (χ2n) is 5.17. The molecule has 98 valence electrons. The van der Waals surface area contributed by atoms with Gasteiger partial charge >= 0.3 is 5.97 Å². The van der Waals surface area contributed by atoms with E-state index in [0.717, 1.165) is 25.8 Å². The normalized spacial score (nSPS) is 27.5. The van der Waals surface area contributed by atoms with Gasteiger partial charge in [0.2, 0.25) is 0 Å². The van der Waals surface area contributed by atoms with E-state index in [4.69, 9.17) is 10.5 Å². The van der Waals surface area contributed by atoms with Crippen molar-refractivity contribution in [3.05, 3.63) is 0 Å². The highest BCUT2D eigenvalue weighted by Gasteiger charge is 2.27. The summed E-state index contributed by atoms with van der Waals surface area (Å²) in [4.78, 5) is 11.0. The van der Waals surface area contributed by atoms with Crippen LogP contribution in [-0.2, 0) is 4.79 Å². The van der Waals surface area contributed by atoms with Crippen LogP contribution in [0, 0.1) is 17.2 Å². The number of hydrogen-bond acceptors (Lipinski definition) is 3. The van der Waals surface area contributed by atoms with Crippen LogP contribution in [0.2, 0.25) is 0 Å². The molecule has 4 nitrogen and oxygen atoms in total. The summed E-state index contributed by atoms with van der Waals surface area (Å²) in [6.07, 6.45) is 4.05. The first kappa shape index (κ1) is 14.2. The van der Waals surface area contributed by atoms with E-state index in [2.05, 4.69) is 19.2 Å². The van der Waals surface area contributed by atoms with Gasteiger partial charge in [0.05, 0.1) is 5.92 Å². The fourth-order valence-corrected chi connectivity index (χ4v) is 2.18. The molecule has 3 N–H and O–H groups in total. The van der Waals surface area contributed by atoms with E-state index in [1.54, 1.807) is 0 Å². The van der Waals surface area contributed by atoms with Crippen LogP contribution in [0.3, 0.4) is 0 Å². The van der Waals surface area contributed by atoms with Crippen LogP contribution >= 0.6 is 0 Å². The van der Waals surface area contributed by atoms with Crippen molar-refractivity contribution < 1.29 is 9.90 Å². The first-order chi connectivity index (χ1) is 8.04. The fourth-order valence-electron chi connectivity index (χ4n) is 2.18. The molecule has 0 radical (unpaired) electrons. The summed E-state index contributed by atoms with van der Waals surface area (Å²) in [6.45, 7) is 5.26. The molecular formula is C13H24N2O2.